The quantitative estimate of drug-likeness (QED) is 0.579. The van der Waals surface area contributed by atoms with Gasteiger partial charge in [0.2, 0.25) is 5.89 Å². The van der Waals surface area contributed by atoms with Crippen LogP contribution in [0.1, 0.15) is 41.2 Å². The first-order valence-electron chi connectivity index (χ1n) is 9.14. The monoisotopic (exact) mass is 380 g/mol. The van der Waals surface area contributed by atoms with Gasteiger partial charge < -0.3 is 13.9 Å². The molecule has 6 nitrogen and oxygen atoms in total. The van der Waals surface area contributed by atoms with Crippen LogP contribution in [-0.4, -0.2) is 22.8 Å². The second kappa shape index (κ2) is 8.25. The minimum atomic E-state index is -0.664. The van der Waals surface area contributed by atoms with Crippen molar-refractivity contribution >= 4 is 5.97 Å². The van der Waals surface area contributed by atoms with Gasteiger partial charge in [0.15, 0.2) is 12.7 Å². The average Bonchev–Trinajstić information content (AvgIpc) is 3.11. The number of benzene rings is 2. The summed E-state index contributed by atoms with van der Waals surface area (Å²) in [7, 11) is 0. The molecule has 0 saturated carbocycles. The van der Waals surface area contributed by atoms with E-state index < -0.39 is 12.1 Å². The molecule has 0 aliphatic heterocycles. The van der Waals surface area contributed by atoms with E-state index in [1.165, 1.54) is 0 Å². The lowest BCUT2D eigenvalue weighted by Gasteiger charge is -2.14. The molecule has 1 heterocycles. The van der Waals surface area contributed by atoms with Crippen molar-refractivity contribution in [1.29, 1.82) is 0 Å². The van der Waals surface area contributed by atoms with Crippen LogP contribution in [0.4, 0.5) is 0 Å². The lowest BCUT2D eigenvalue weighted by molar-refractivity contribution is -0.152. The summed E-state index contributed by atoms with van der Waals surface area (Å²) in [6.07, 6.45) is -0.664. The summed E-state index contributed by atoms with van der Waals surface area (Å²) >= 11 is 0. The molecule has 0 saturated heterocycles. The number of hydrogen-bond donors (Lipinski definition) is 0. The maximum Gasteiger partial charge on any atom is 0.344 e. The first kappa shape index (κ1) is 19.6. The Balaban J connectivity index is 1.60. The van der Waals surface area contributed by atoms with Crippen LogP contribution in [0, 0.1) is 27.7 Å². The predicted molar refractivity (Wildman–Crippen MR) is 105 cm³/mol. The minimum Gasteiger partial charge on any atom is -0.481 e. The molecule has 0 bridgehead atoms. The standard InChI is InChI=1S/C22H24N2O4/c1-13-6-8-18(9-7-13)22-24-23-21(28-22)17(5)27-19(25)12-26-20-15(3)10-14(2)11-16(20)4/h6-11,17H,12H2,1-5H3/t17-/m1/s1. The number of aryl methyl sites for hydroxylation is 4. The van der Waals surface area contributed by atoms with Crippen molar-refractivity contribution in [2.45, 2.75) is 40.7 Å². The molecule has 3 aromatic rings. The second-order valence-corrected chi connectivity index (χ2v) is 6.96. The lowest BCUT2D eigenvalue weighted by Crippen LogP contribution is -2.17. The highest BCUT2D eigenvalue weighted by atomic mass is 16.6. The Labute approximate surface area is 164 Å². The highest BCUT2D eigenvalue weighted by Crippen LogP contribution is 2.25. The fourth-order valence-electron chi connectivity index (χ4n) is 3.02. The normalized spacial score (nSPS) is 11.9. The van der Waals surface area contributed by atoms with Crippen molar-refractivity contribution in [1.82, 2.24) is 10.2 Å². The summed E-state index contributed by atoms with van der Waals surface area (Å²) in [6, 6.07) is 11.8. The Kier molecular flexibility index (Phi) is 5.78. The number of carbonyl (C=O) groups excluding carboxylic acids is 1. The Bertz CT molecular complexity index is 953. The molecule has 0 aliphatic rings. The summed E-state index contributed by atoms with van der Waals surface area (Å²) in [5.74, 6) is 0.836. The van der Waals surface area contributed by atoms with Gasteiger partial charge in [-0.25, -0.2) is 4.79 Å². The summed E-state index contributed by atoms with van der Waals surface area (Å²) in [6.45, 7) is 9.44. The van der Waals surface area contributed by atoms with Crippen LogP contribution >= 0.6 is 0 Å². The van der Waals surface area contributed by atoms with Crippen molar-refractivity contribution < 1.29 is 18.7 Å². The third-order valence-corrected chi connectivity index (χ3v) is 4.33. The average molecular weight is 380 g/mol. The number of ether oxygens (including phenoxy) is 2. The Morgan fingerprint density at radius 3 is 2.29 bits per heavy atom. The zero-order valence-electron chi connectivity index (χ0n) is 16.8. The van der Waals surface area contributed by atoms with Crippen LogP contribution in [0.3, 0.4) is 0 Å². The van der Waals surface area contributed by atoms with Gasteiger partial charge in [-0.3, -0.25) is 0 Å². The van der Waals surface area contributed by atoms with Gasteiger partial charge in [0.1, 0.15) is 5.75 Å². The smallest absolute Gasteiger partial charge is 0.344 e. The molecule has 6 heteroatoms. The molecule has 0 unspecified atom stereocenters. The van der Waals surface area contributed by atoms with E-state index in [1.54, 1.807) is 6.92 Å². The third-order valence-electron chi connectivity index (χ3n) is 4.33. The molecule has 0 N–H and O–H groups in total. The maximum absolute atomic E-state index is 12.2. The lowest BCUT2D eigenvalue weighted by atomic mass is 10.1. The number of nitrogens with zero attached hydrogens (tertiary/aromatic N) is 2. The molecular weight excluding hydrogens is 356 g/mol. The summed E-state index contributed by atoms with van der Waals surface area (Å²) in [5, 5.41) is 8.02. The van der Waals surface area contributed by atoms with Crippen LogP contribution in [0.15, 0.2) is 40.8 Å². The highest BCUT2D eigenvalue weighted by Gasteiger charge is 2.20. The van der Waals surface area contributed by atoms with E-state index in [0.29, 0.717) is 11.6 Å². The van der Waals surface area contributed by atoms with Crippen molar-refractivity contribution in [3.63, 3.8) is 0 Å². The fraction of sp³-hybridized carbons (Fsp3) is 0.318. The van der Waals surface area contributed by atoms with Gasteiger partial charge in [0.05, 0.1) is 0 Å². The number of rotatable bonds is 6. The van der Waals surface area contributed by atoms with Crippen LogP contribution in [0.25, 0.3) is 11.5 Å². The van der Waals surface area contributed by atoms with Gasteiger partial charge in [-0.15, -0.1) is 10.2 Å². The van der Waals surface area contributed by atoms with Crippen LogP contribution in [0.5, 0.6) is 5.75 Å². The minimum absolute atomic E-state index is 0.186. The van der Waals surface area contributed by atoms with Crippen LogP contribution in [-0.2, 0) is 9.53 Å². The molecule has 28 heavy (non-hydrogen) atoms. The molecule has 0 spiro atoms. The molecule has 2 aromatic carbocycles. The molecule has 0 radical (unpaired) electrons. The van der Waals surface area contributed by atoms with E-state index in [1.807, 2.05) is 64.1 Å². The van der Waals surface area contributed by atoms with Crippen molar-refractivity contribution in [3.05, 3.63) is 64.5 Å². The zero-order valence-corrected chi connectivity index (χ0v) is 16.8. The van der Waals surface area contributed by atoms with E-state index in [2.05, 4.69) is 10.2 Å². The van der Waals surface area contributed by atoms with Gasteiger partial charge in [-0.2, -0.15) is 0 Å². The Morgan fingerprint density at radius 1 is 1.00 bits per heavy atom. The van der Waals surface area contributed by atoms with Crippen LogP contribution < -0.4 is 4.74 Å². The summed E-state index contributed by atoms with van der Waals surface area (Å²) in [5.41, 5.74) is 5.08. The van der Waals surface area contributed by atoms with Gasteiger partial charge in [0, 0.05) is 5.56 Å². The largest absolute Gasteiger partial charge is 0.481 e. The number of carbonyl (C=O) groups is 1. The Hall–Kier alpha value is -3.15. The highest BCUT2D eigenvalue weighted by molar-refractivity contribution is 5.71. The van der Waals surface area contributed by atoms with Crippen molar-refractivity contribution in [2.75, 3.05) is 6.61 Å². The van der Waals surface area contributed by atoms with E-state index >= 15 is 0 Å². The van der Waals surface area contributed by atoms with Crippen molar-refractivity contribution in [2.24, 2.45) is 0 Å². The predicted octanol–water partition coefficient (Wildman–Crippen LogP) is 4.65. The van der Waals surface area contributed by atoms with E-state index in [-0.39, 0.29) is 12.5 Å². The molecule has 0 amide bonds. The molecule has 1 aromatic heterocycles. The third kappa shape index (κ3) is 4.57. The molecule has 0 aliphatic carbocycles. The first-order valence-corrected chi connectivity index (χ1v) is 9.14. The van der Waals surface area contributed by atoms with E-state index in [0.717, 1.165) is 27.8 Å². The van der Waals surface area contributed by atoms with Gasteiger partial charge in [0.25, 0.3) is 5.89 Å². The maximum atomic E-state index is 12.2. The molecule has 146 valence electrons. The molecule has 0 fully saturated rings. The van der Waals surface area contributed by atoms with Gasteiger partial charge in [-0.1, -0.05) is 35.4 Å². The van der Waals surface area contributed by atoms with E-state index in [9.17, 15) is 4.79 Å². The SMILES string of the molecule is Cc1ccc(-c2nnc([C@@H](C)OC(=O)COc3c(C)cc(C)cc3C)o2)cc1. The first-order chi connectivity index (χ1) is 13.3. The van der Waals surface area contributed by atoms with Crippen molar-refractivity contribution in [3.8, 4) is 17.2 Å². The molecular formula is C22H24N2O4. The van der Waals surface area contributed by atoms with E-state index in [4.69, 9.17) is 13.9 Å². The number of esters is 1. The van der Waals surface area contributed by atoms with Gasteiger partial charge in [-0.05, 0) is 57.9 Å². The van der Waals surface area contributed by atoms with Crippen LogP contribution in [0.2, 0.25) is 0 Å². The number of aromatic nitrogens is 2. The zero-order chi connectivity index (χ0) is 20.3. The molecule has 1 atom stereocenters. The Morgan fingerprint density at radius 2 is 1.64 bits per heavy atom. The second-order valence-electron chi connectivity index (χ2n) is 6.96. The summed E-state index contributed by atoms with van der Waals surface area (Å²) in [4.78, 5) is 12.2. The fourth-order valence-corrected chi connectivity index (χ4v) is 3.02. The number of hydrogen-bond acceptors (Lipinski definition) is 6. The summed E-state index contributed by atoms with van der Waals surface area (Å²) < 4.78 is 16.7. The molecule has 3 rings (SSSR count). The van der Waals surface area contributed by atoms with Gasteiger partial charge >= 0.3 is 5.97 Å². The topological polar surface area (TPSA) is 74.5 Å².